The Morgan fingerprint density at radius 2 is 1.92 bits per heavy atom. The lowest BCUT2D eigenvalue weighted by Gasteiger charge is -2.33. The maximum atomic E-state index is 3.37. The van der Waals surface area contributed by atoms with Crippen LogP contribution in [0.2, 0.25) is 0 Å². The Hall–Kier alpha value is -0.540. The van der Waals surface area contributed by atoms with E-state index in [1.807, 2.05) is 0 Å². The van der Waals surface area contributed by atoms with E-state index >= 15 is 0 Å². The molecule has 0 radical (unpaired) electrons. The number of hydrogen-bond donors (Lipinski definition) is 2. The van der Waals surface area contributed by atoms with Crippen LogP contribution < -0.4 is 10.6 Å². The molecule has 12 heavy (non-hydrogen) atoms. The molecule has 0 atom stereocenters. The first-order valence-corrected chi connectivity index (χ1v) is 4.82. The van der Waals surface area contributed by atoms with Crippen LogP contribution in [0.25, 0.3) is 0 Å². The van der Waals surface area contributed by atoms with Crippen LogP contribution in [-0.4, -0.2) is 44.2 Å². The van der Waals surface area contributed by atoms with Crippen molar-refractivity contribution in [3.8, 4) is 0 Å². The smallest absolute Gasteiger partial charge is 0.0300 e. The zero-order chi connectivity index (χ0) is 8.23. The van der Waals surface area contributed by atoms with Gasteiger partial charge in [-0.25, -0.2) is 0 Å². The minimum Gasteiger partial charge on any atom is -0.372 e. The molecule has 2 N–H and O–H groups in total. The highest BCUT2D eigenvalue weighted by atomic mass is 15.2. The molecule has 2 aliphatic heterocycles. The van der Waals surface area contributed by atoms with Crippen molar-refractivity contribution in [3.63, 3.8) is 0 Å². The van der Waals surface area contributed by atoms with E-state index in [-0.39, 0.29) is 0 Å². The normalized spacial score (nSPS) is 25.3. The number of hydrogen-bond acceptors (Lipinski definition) is 3. The summed E-state index contributed by atoms with van der Waals surface area (Å²) in [5.41, 5.74) is 1.55. The highest BCUT2D eigenvalue weighted by Gasteiger charge is 2.13. The molecule has 0 amide bonds. The summed E-state index contributed by atoms with van der Waals surface area (Å²) in [6, 6.07) is 0. The van der Waals surface area contributed by atoms with E-state index in [2.05, 4.69) is 21.6 Å². The van der Waals surface area contributed by atoms with Crippen molar-refractivity contribution in [1.82, 2.24) is 15.5 Å². The molecule has 3 nitrogen and oxygen atoms in total. The fraction of sp³-hybridized carbons (Fsp3) is 0.778. The quantitative estimate of drug-likeness (QED) is 0.565. The molecule has 3 heteroatoms. The van der Waals surface area contributed by atoms with Gasteiger partial charge in [0.1, 0.15) is 0 Å². The molecule has 2 aliphatic rings. The van der Waals surface area contributed by atoms with Gasteiger partial charge in [0.2, 0.25) is 0 Å². The molecule has 0 aromatic heterocycles. The van der Waals surface area contributed by atoms with Crippen LogP contribution >= 0.6 is 0 Å². The van der Waals surface area contributed by atoms with Gasteiger partial charge in [0, 0.05) is 45.0 Å². The first-order chi connectivity index (χ1) is 5.97. The summed E-state index contributed by atoms with van der Waals surface area (Å²) in [5.74, 6) is 0. The van der Waals surface area contributed by atoms with Gasteiger partial charge in [-0.3, -0.25) is 0 Å². The second kappa shape index (κ2) is 3.92. The third-order valence-corrected chi connectivity index (χ3v) is 2.56. The summed E-state index contributed by atoms with van der Waals surface area (Å²) in [4.78, 5) is 2.51. The summed E-state index contributed by atoms with van der Waals surface area (Å²) in [5, 5.41) is 6.70. The molecule has 0 unspecified atom stereocenters. The second-order valence-corrected chi connectivity index (χ2v) is 3.39. The lowest BCUT2D eigenvalue weighted by molar-refractivity contribution is 0.285. The molecular formula is C9H17N3. The monoisotopic (exact) mass is 167 g/mol. The second-order valence-electron chi connectivity index (χ2n) is 3.39. The van der Waals surface area contributed by atoms with Crippen LogP contribution in [0.5, 0.6) is 0 Å². The molecule has 2 heterocycles. The maximum Gasteiger partial charge on any atom is 0.0300 e. The minimum atomic E-state index is 1.05. The van der Waals surface area contributed by atoms with Crippen molar-refractivity contribution in [2.75, 3.05) is 39.3 Å². The fourth-order valence-electron chi connectivity index (χ4n) is 1.85. The summed E-state index contributed by atoms with van der Waals surface area (Å²) in [7, 11) is 0. The zero-order valence-corrected chi connectivity index (χ0v) is 7.47. The van der Waals surface area contributed by atoms with Crippen molar-refractivity contribution in [1.29, 1.82) is 0 Å². The molecule has 0 bridgehead atoms. The van der Waals surface area contributed by atoms with Crippen molar-refractivity contribution in [3.05, 3.63) is 11.8 Å². The van der Waals surface area contributed by atoms with Gasteiger partial charge in [0.05, 0.1) is 0 Å². The van der Waals surface area contributed by atoms with E-state index in [0.29, 0.717) is 0 Å². The predicted octanol–water partition coefficient (Wildman–Crippen LogP) is -0.231. The lowest BCUT2D eigenvalue weighted by Crippen LogP contribution is -2.44. The Bertz CT molecular complexity index is 171. The summed E-state index contributed by atoms with van der Waals surface area (Å²) in [6.07, 6.45) is 3.54. The van der Waals surface area contributed by atoms with Crippen molar-refractivity contribution >= 4 is 0 Å². The molecular weight excluding hydrogens is 150 g/mol. The summed E-state index contributed by atoms with van der Waals surface area (Å²) < 4.78 is 0. The molecule has 1 saturated heterocycles. The Morgan fingerprint density at radius 3 is 2.58 bits per heavy atom. The molecule has 2 rings (SSSR count). The van der Waals surface area contributed by atoms with E-state index in [9.17, 15) is 0 Å². The SMILES string of the molecule is C1=C(N2CCNCC2)CCNC1. The fourth-order valence-corrected chi connectivity index (χ4v) is 1.85. The largest absolute Gasteiger partial charge is 0.372 e. The van der Waals surface area contributed by atoms with Crippen LogP contribution in [0, 0.1) is 0 Å². The minimum absolute atomic E-state index is 1.05. The summed E-state index contributed by atoms with van der Waals surface area (Å²) >= 11 is 0. The molecule has 68 valence electrons. The van der Waals surface area contributed by atoms with Gasteiger partial charge in [-0.1, -0.05) is 6.08 Å². The molecule has 0 aromatic rings. The van der Waals surface area contributed by atoms with Crippen molar-refractivity contribution in [2.24, 2.45) is 0 Å². The highest BCUT2D eigenvalue weighted by molar-refractivity contribution is 5.06. The van der Waals surface area contributed by atoms with Gasteiger partial charge in [-0.2, -0.15) is 0 Å². The molecule has 0 aromatic carbocycles. The Kier molecular flexibility index (Phi) is 2.64. The highest BCUT2D eigenvalue weighted by Crippen LogP contribution is 2.11. The first-order valence-electron chi connectivity index (χ1n) is 4.82. The molecule has 0 spiro atoms. The van der Waals surface area contributed by atoms with E-state index in [1.165, 1.54) is 19.5 Å². The Labute approximate surface area is 73.8 Å². The van der Waals surface area contributed by atoms with Crippen LogP contribution in [0.15, 0.2) is 11.8 Å². The van der Waals surface area contributed by atoms with Crippen LogP contribution in [0.3, 0.4) is 0 Å². The average molecular weight is 167 g/mol. The lowest BCUT2D eigenvalue weighted by atomic mass is 10.2. The van der Waals surface area contributed by atoms with E-state index in [1.54, 1.807) is 5.70 Å². The van der Waals surface area contributed by atoms with Gasteiger partial charge in [-0.15, -0.1) is 0 Å². The molecule has 0 aliphatic carbocycles. The topological polar surface area (TPSA) is 27.3 Å². The van der Waals surface area contributed by atoms with Gasteiger partial charge in [-0.05, 0) is 6.42 Å². The average Bonchev–Trinajstić information content (AvgIpc) is 2.21. The molecule has 0 saturated carbocycles. The third-order valence-electron chi connectivity index (χ3n) is 2.56. The predicted molar refractivity (Wildman–Crippen MR) is 50.0 cm³/mol. The maximum absolute atomic E-state index is 3.37. The van der Waals surface area contributed by atoms with Crippen molar-refractivity contribution < 1.29 is 0 Å². The van der Waals surface area contributed by atoms with Gasteiger partial charge >= 0.3 is 0 Å². The Balaban J connectivity index is 1.92. The molecule has 1 fully saturated rings. The van der Waals surface area contributed by atoms with Crippen LogP contribution in [0.1, 0.15) is 6.42 Å². The van der Waals surface area contributed by atoms with Gasteiger partial charge in [0.25, 0.3) is 0 Å². The third kappa shape index (κ3) is 1.79. The van der Waals surface area contributed by atoms with E-state index < -0.39 is 0 Å². The number of piperazine rings is 1. The standard InChI is InChI=1S/C9H17N3/c1-3-10-4-2-9(1)12-7-5-11-6-8-12/h1,10-11H,2-8H2. The summed E-state index contributed by atoms with van der Waals surface area (Å²) in [6.45, 7) is 6.86. The number of nitrogens with one attached hydrogen (secondary N) is 2. The number of nitrogens with zero attached hydrogens (tertiary/aromatic N) is 1. The van der Waals surface area contributed by atoms with E-state index in [0.717, 1.165) is 26.2 Å². The van der Waals surface area contributed by atoms with Crippen LogP contribution in [-0.2, 0) is 0 Å². The zero-order valence-electron chi connectivity index (χ0n) is 7.47. The van der Waals surface area contributed by atoms with Crippen LogP contribution in [0.4, 0.5) is 0 Å². The van der Waals surface area contributed by atoms with Crippen molar-refractivity contribution in [2.45, 2.75) is 6.42 Å². The number of rotatable bonds is 1. The van der Waals surface area contributed by atoms with E-state index in [4.69, 9.17) is 0 Å². The Morgan fingerprint density at radius 1 is 1.08 bits per heavy atom. The van der Waals surface area contributed by atoms with Gasteiger partial charge < -0.3 is 15.5 Å². The van der Waals surface area contributed by atoms with Gasteiger partial charge in [0.15, 0.2) is 0 Å². The first kappa shape index (κ1) is 8.08.